The Morgan fingerprint density at radius 2 is 1.91 bits per heavy atom. The summed E-state index contributed by atoms with van der Waals surface area (Å²) in [4.78, 5) is 31.1. The second-order valence-electron chi connectivity index (χ2n) is 7.67. The van der Waals surface area contributed by atoms with E-state index < -0.39 is 4.92 Å². The number of hydrogen-bond acceptors (Lipinski definition) is 6. The van der Waals surface area contributed by atoms with Crippen LogP contribution in [0.3, 0.4) is 0 Å². The molecule has 0 unspecified atom stereocenters. The molecular formula is C24H23N3O3S2. The van der Waals surface area contributed by atoms with Crippen molar-refractivity contribution in [1.29, 1.82) is 0 Å². The first-order chi connectivity index (χ1) is 15.4. The van der Waals surface area contributed by atoms with Crippen molar-refractivity contribution in [3.05, 3.63) is 90.6 Å². The largest absolute Gasteiger partial charge is 0.269 e. The van der Waals surface area contributed by atoms with E-state index in [9.17, 15) is 14.9 Å². The van der Waals surface area contributed by atoms with Gasteiger partial charge < -0.3 is 0 Å². The molecule has 0 N–H and O–H groups in total. The van der Waals surface area contributed by atoms with Crippen LogP contribution in [0, 0.1) is 24.0 Å². The van der Waals surface area contributed by atoms with Crippen molar-refractivity contribution in [2.75, 3.05) is 0 Å². The smallest absolute Gasteiger partial charge is 0.268 e. The predicted molar refractivity (Wildman–Crippen MR) is 131 cm³/mol. The van der Waals surface area contributed by atoms with E-state index in [-0.39, 0.29) is 11.2 Å². The van der Waals surface area contributed by atoms with E-state index in [1.54, 1.807) is 28.0 Å². The average Bonchev–Trinajstić information content (AvgIpc) is 3.08. The Bertz CT molecular complexity index is 1360. The summed E-state index contributed by atoms with van der Waals surface area (Å²) in [6.45, 7) is 6.14. The van der Waals surface area contributed by atoms with E-state index in [1.165, 1.54) is 28.8 Å². The number of aryl methyl sites for hydroxylation is 3. The maximum atomic E-state index is 13.7. The third kappa shape index (κ3) is 4.33. The highest BCUT2D eigenvalue weighted by Gasteiger charge is 2.19. The lowest BCUT2D eigenvalue weighted by atomic mass is 10.1. The topological polar surface area (TPSA) is 78.0 Å². The number of fused-ring (bicyclic) bond motifs is 1. The van der Waals surface area contributed by atoms with Crippen LogP contribution >= 0.6 is 23.1 Å². The number of thioether (sulfide) groups is 1. The molecule has 0 radical (unpaired) electrons. The van der Waals surface area contributed by atoms with Crippen molar-refractivity contribution >= 4 is 39.0 Å². The van der Waals surface area contributed by atoms with E-state index in [2.05, 4.69) is 6.92 Å². The molecule has 0 atom stereocenters. The van der Waals surface area contributed by atoms with Gasteiger partial charge in [-0.05, 0) is 49.1 Å². The summed E-state index contributed by atoms with van der Waals surface area (Å²) in [6.07, 6.45) is 1.95. The van der Waals surface area contributed by atoms with Crippen LogP contribution in [0.2, 0.25) is 0 Å². The van der Waals surface area contributed by atoms with Crippen LogP contribution in [0.4, 0.5) is 5.69 Å². The van der Waals surface area contributed by atoms with Gasteiger partial charge >= 0.3 is 0 Å². The number of benzene rings is 2. The third-order valence-corrected chi connectivity index (χ3v) is 7.54. The van der Waals surface area contributed by atoms with Gasteiger partial charge in [-0.3, -0.25) is 19.5 Å². The number of nitro groups is 1. The molecule has 0 aliphatic rings. The Balaban J connectivity index is 1.81. The lowest BCUT2D eigenvalue weighted by Crippen LogP contribution is -2.21. The summed E-state index contributed by atoms with van der Waals surface area (Å²) in [5, 5.41) is 12.2. The van der Waals surface area contributed by atoms with Crippen molar-refractivity contribution < 1.29 is 4.92 Å². The van der Waals surface area contributed by atoms with Gasteiger partial charge in [0.15, 0.2) is 5.16 Å². The van der Waals surface area contributed by atoms with E-state index in [4.69, 9.17) is 4.98 Å². The lowest BCUT2D eigenvalue weighted by molar-refractivity contribution is -0.384. The zero-order valence-corrected chi connectivity index (χ0v) is 19.8. The van der Waals surface area contributed by atoms with Crippen LogP contribution in [-0.2, 0) is 12.2 Å². The highest BCUT2D eigenvalue weighted by atomic mass is 32.2. The molecule has 4 aromatic rings. The fourth-order valence-corrected chi connectivity index (χ4v) is 5.92. The van der Waals surface area contributed by atoms with Crippen LogP contribution in [0.1, 0.15) is 34.9 Å². The van der Waals surface area contributed by atoms with Gasteiger partial charge in [0.05, 0.1) is 16.0 Å². The number of hydrogen-bond donors (Lipinski definition) is 0. The van der Waals surface area contributed by atoms with Gasteiger partial charge in [0, 0.05) is 22.8 Å². The molecule has 0 aliphatic carbocycles. The van der Waals surface area contributed by atoms with Crippen LogP contribution < -0.4 is 5.56 Å². The molecule has 8 heteroatoms. The molecule has 0 aliphatic heterocycles. The summed E-state index contributed by atoms with van der Waals surface area (Å²) < 4.78 is 1.70. The molecule has 0 saturated heterocycles. The first-order valence-electron chi connectivity index (χ1n) is 10.4. The number of thiophene rings is 1. The zero-order chi connectivity index (χ0) is 22.8. The summed E-state index contributed by atoms with van der Waals surface area (Å²) in [7, 11) is 0. The molecule has 2 heterocycles. The fraction of sp³-hybridized carbons (Fsp3) is 0.250. The van der Waals surface area contributed by atoms with Gasteiger partial charge in [-0.15, -0.1) is 11.3 Å². The van der Waals surface area contributed by atoms with Gasteiger partial charge in [0.1, 0.15) is 4.83 Å². The molecule has 2 aromatic heterocycles. The second-order valence-corrected chi connectivity index (χ2v) is 9.69. The van der Waals surface area contributed by atoms with Crippen molar-refractivity contribution in [2.24, 2.45) is 0 Å². The van der Waals surface area contributed by atoms with Gasteiger partial charge in [0.2, 0.25) is 0 Å². The summed E-state index contributed by atoms with van der Waals surface area (Å²) in [6, 6.07) is 14.3. The minimum absolute atomic E-state index is 0.0529. The SMILES string of the molecule is CCCc1sc2nc(SCc3ccc([N+](=O)[O-])cc3)n(-c3cccc(C)c3)c(=O)c2c1C. The molecule has 2 aromatic carbocycles. The Kier molecular flexibility index (Phi) is 6.43. The maximum absolute atomic E-state index is 13.7. The maximum Gasteiger partial charge on any atom is 0.269 e. The first-order valence-corrected chi connectivity index (χ1v) is 12.2. The number of aromatic nitrogens is 2. The molecule has 0 amide bonds. The fourth-order valence-electron chi connectivity index (χ4n) is 3.63. The molecular weight excluding hydrogens is 442 g/mol. The first kappa shape index (κ1) is 22.2. The number of rotatable bonds is 7. The average molecular weight is 466 g/mol. The molecule has 0 bridgehead atoms. The van der Waals surface area contributed by atoms with Crippen LogP contribution in [-0.4, -0.2) is 14.5 Å². The Hall–Kier alpha value is -2.97. The van der Waals surface area contributed by atoms with Crippen LogP contribution in [0.15, 0.2) is 58.5 Å². The third-order valence-electron chi connectivity index (χ3n) is 5.28. The minimum Gasteiger partial charge on any atom is -0.268 e. The Labute approximate surface area is 194 Å². The zero-order valence-electron chi connectivity index (χ0n) is 18.1. The molecule has 32 heavy (non-hydrogen) atoms. The predicted octanol–water partition coefficient (Wildman–Crippen LogP) is 6.22. The molecule has 164 valence electrons. The van der Waals surface area contributed by atoms with E-state index >= 15 is 0 Å². The lowest BCUT2D eigenvalue weighted by Gasteiger charge is -2.13. The molecule has 6 nitrogen and oxygen atoms in total. The highest BCUT2D eigenvalue weighted by Crippen LogP contribution is 2.32. The quantitative estimate of drug-likeness (QED) is 0.140. The van der Waals surface area contributed by atoms with E-state index in [0.717, 1.165) is 40.0 Å². The standard InChI is InChI=1S/C24H23N3O3S2/c1-4-6-20-16(3)21-22(32-20)25-24(26(23(21)28)19-8-5-7-15(2)13-19)31-14-17-9-11-18(12-10-17)27(29)30/h5,7-13H,4,6,14H2,1-3H3. The Morgan fingerprint density at radius 1 is 1.16 bits per heavy atom. The normalized spacial score (nSPS) is 11.2. The van der Waals surface area contributed by atoms with Gasteiger partial charge in [-0.25, -0.2) is 4.98 Å². The summed E-state index contributed by atoms with van der Waals surface area (Å²) in [5.74, 6) is 0.550. The van der Waals surface area contributed by atoms with E-state index in [1.807, 2.05) is 38.1 Å². The number of non-ortho nitro benzene ring substituents is 1. The van der Waals surface area contributed by atoms with Gasteiger partial charge in [-0.2, -0.15) is 0 Å². The highest BCUT2D eigenvalue weighted by molar-refractivity contribution is 7.98. The van der Waals surface area contributed by atoms with Crippen molar-refractivity contribution in [1.82, 2.24) is 9.55 Å². The number of nitro benzene ring substituents is 1. The van der Waals surface area contributed by atoms with Crippen LogP contribution in [0.25, 0.3) is 15.9 Å². The van der Waals surface area contributed by atoms with Crippen LogP contribution in [0.5, 0.6) is 0 Å². The summed E-state index contributed by atoms with van der Waals surface area (Å²) in [5.41, 5.74) is 3.82. The van der Waals surface area contributed by atoms with Crippen molar-refractivity contribution in [2.45, 2.75) is 44.5 Å². The van der Waals surface area contributed by atoms with E-state index in [0.29, 0.717) is 16.3 Å². The molecule has 4 rings (SSSR count). The van der Waals surface area contributed by atoms with Gasteiger partial charge in [0.25, 0.3) is 11.2 Å². The molecule has 0 saturated carbocycles. The molecule has 0 spiro atoms. The summed E-state index contributed by atoms with van der Waals surface area (Å²) >= 11 is 3.06. The van der Waals surface area contributed by atoms with Crippen molar-refractivity contribution in [3.63, 3.8) is 0 Å². The number of nitrogens with zero attached hydrogens (tertiary/aromatic N) is 3. The molecule has 0 fully saturated rings. The Morgan fingerprint density at radius 3 is 2.56 bits per heavy atom. The van der Waals surface area contributed by atoms with Gasteiger partial charge in [-0.1, -0.05) is 49.4 Å². The van der Waals surface area contributed by atoms with Crippen molar-refractivity contribution in [3.8, 4) is 5.69 Å². The minimum atomic E-state index is -0.408. The second kappa shape index (κ2) is 9.26. The monoisotopic (exact) mass is 465 g/mol.